The van der Waals surface area contributed by atoms with Crippen molar-refractivity contribution in [2.24, 2.45) is 0 Å². The molecule has 0 bridgehead atoms. The molecule has 0 heterocycles. The highest BCUT2D eigenvalue weighted by Crippen LogP contribution is 2.25. The zero-order valence-corrected chi connectivity index (χ0v) is 24.6. The maximum atomic E-state index is 13.6. The Balaban J connectivity index is 1.78. The van der Waals surface area contributed by atoms with Gasteiger partial charge >= 0.3 is 0 Å². The van der Waals surface area contributed by atoms with Gasteiger partial charge < -0.3 is 10.2 Å². The lowest BCUT2D eigenvalue weighted by atomic mass is 10.1. The molecule has 1 saturated carbocycles. The van der Waals surface area contributed by atoms with Crippen LogP contribution >= 0.6 is 23.2 Å². The van der Waals surface area contributed by atoms with E-state index in [9.17, 15) is 18.0 Å². The summed E-state index contributed by atoms with van der Waals surface area (Å²) in [6, 6.07) is 11.8. The Labute approximate surface area is 236 Å². The van der Waals surface area contributed by atoms with E-state index in [1.807, 2.05) is 26.0 Å². The van der Waals surface area contributed by atoms with Gasteiger partial charge in [-0.1, -0.05) is 66.7 Å². The highest BCUT2D eigenvalue weighted by molar-refractivity contribution is 7.92. The molecule has 208 valence electrons. The SMILES string of the molecule is CCC(C(=O)NC1CCCC1)N(Cc1ccc(Cl)cc1Cl)C(=O)CCCN(c1ccc(C)cc1)S(C)(=O)=O. The zero-order valence-electron chi connectivity index (χ0n) is 22.3. The Hall–Kier alpha value is -2.29. The molecule has 2 aromatic rings. The van der Waals surface area contributed by atoms with Gasteiger partial charge in [-0.25, -0.2) is 8.42 Å². The molecule has 1 N–H and O–H groups in total. The molecular formula is C28H37Cl2N3O4S. The predicted octanol–water partition coefficient (Wildman–Crippen LogP) is 5.71. The average Bonchev–Trinajstić information content (AvgIpc) is 3.36. The summed E-state index contributed by atoms with van der Waals surface area (Å²) in [6.07, 6.45) is 6.03. The summed E-state index contributed by atoms with van der Waals surface area (Å²) >= 11 is 12.5. The number of benzene rings is 2. The first-order chi connectivity index (χ1) is 18.0. The van der Waals surface area contributed by atoms with Crippen LogP contribution in [0.4, 0.5) is 5.69 Å². The van der Waals surface area contributed by atoms with Gasteiger partial charge in [0.1, 0.15) is 6.04 Å². The summed E-state index contributed by atoms with van der Waals surface area (Å²) < 4.78 is 26.3. The van der Waals surface area contributed by atoms with Gasteiger partial charge in [0.15, 0.2) is 0 Å². The summed E-state index contributed by atoms with van der Waals surface area (Å²) in [4.78, 5) is 28.4. The monoisotopic (exact) mass is 581 g/mol. The molecule has 2 aromatic carbocycles. The van der Waals surface area contributed by atoms with Crippen molar-refractivity contribution in [3.63, 3.8) is 0 Å². The minimum atomic E-state index is -3.54. The highest BCUT2D eigenvalue weighted by atomic mass is 35.5. The van der Waals surface area contributed by atoms with Crippen molar-refractivity contribution >= 4 is 50.7 Å². The first-order valence-corrected chi connectivity index (χ1v) is 15.7. The van der Waals surface area contributed by atoms with Crippen LogP contribution in [0.1, 0.15) is 63.0 Å². The quantitative estimate of drug-likeness (QED) is 0.347. The van der Waals surface area contributed by atoms with Crippen LogP contribution < -0.4 is 9.62 Å². The molecule has 0 aliphatic heterocycles. The summed E-state index contributed by atoms with van der Waals surface area (Å²) in [5, 5.41) is 4.03. The molecule has 10 heteroatoms. The largest absolute Gasteiger partial charge is 0.352 e. The number of sulfonamides is 1. The van der Waals surface area contributed by atoms with E-state index in [2.05, 4.69) is 5.32 Å². The van der Waals surface area contributed by atoms with Crippen molar-refractivity contribution < 1.29 is 18.0 Å². The van der Waals surface area contributed by atoms with Gasteiger partial charge in [-0.05, 0) is 62.4 Å². The second-order valence-electron chi connectivity index (χ2n) is 9.95. The fourth-order valence-electron chi connectivity index (χ4n) is 4.84. The fourth-order valence-corrected chi connectivity index (χ4v) is 6.27. The molecule has 0 aromatic heterocycles. The van der Waals surface area contributed by atoms with E-state index < -0.39 is 16.1 Å². The molecule has 0 saturated heterocycles. The number of rotatable bonds is 12. The fraction of sp³-hybridized carbons (Fsp3) is 0.500. The van der Waals surface area contributed by atoms with E-state index in [0.29, 0.717) is 34.1 Å². The lowest BCUT2D eigenvalue weighted by Gasteiger charge is -2.32. The van der Waals surface area contributed by atoms with Crippen LogP contribution in [0.15, 0.2) is 42.5 Å². The van der Waals surface area contributed by atoms with Crippen molar-refractivity contribution in [2.75, 3.05) is 17.1 Å². The molecule has 1 atom stereocenters. The van der Waals surface area contributed by atoms with E-state index >= 15 is 0 Å². The van der Waals surface area contributed by atoms with Crippen molar-refractivity contribution in [1.29, 1.82) is 0 Å². The van der Waals surface area contributed by atoms with Crippen LogP contribution in [0, 0.1) is 6.92 Å². The molecule has 2 amide bonds. The maximum absolute atomic E-state index is 13.6. The number of carbonyl (C=O) groups is 2. The standard InChI is InChI=1S/C28H37Cl2N3O4S/c1-4-26(28(35)31-23-8-5-6-9-23)32(19-21-13-14-22(29)18-25(21)30)27(34)10-7-17-33(38(3,36)37)24-15-11-20(2)12-16-24/h11-16,18,23,26H,4-10,17,19H2,1-3H3,(H,31,35). The molecular weight excluding hydrogens is 545 g/mol. The third kappa shape index (κ3) is 8.35. The molecule has 0 spiro atoms. The number of anilines is 1. The molecule has 38 heavy (non-hydrogen) atoms. The van der Waals surface area contributed by atoms with Crippen LogP contribution in [0.25, 0.3) is 0 Å². The van der Waals surface area contributed by atoms with Crippen LogP contribution in [0.2, 0.25) is 10.0 Å². The molecule has 1 fully saturated rings. The van der Waals surface area contributed by atoms with E-state index in [-0.39, 0.29) is 37.4 Å². The number of hydrogen-bond donors (Lipinski definition) is 1. The molecule has 1 aliphatic rings. The topological polar surface area (TPSA) is 86.8 Å². The number of halogens is 2. The van der Waals surface area contributed by atoms with Gasteiger partial charge in [-0.2, -0.15) is 0 Å². The van der Waals surface area contributed by atoms with Gasteiger partial charge in [0.25, 0.3) is 0 Å². The van der Waals surface area contributed by atoms with Gasteiger partial charge in [0, 0.05) is 35.6 Å². The number of amides is 2. The second kappa shape index (κ2) is 13.7. The number of hydrogen-bond acceptors (Lipinski definition) is 4. The summed E-state index contributed by atoms with van der Waals surface area (Å²) in [5.74, 6) is -0.406. The molecule has 7 nitrogen and oxygen atoms in total. The minimum Gasteiger partial charge on any atom is -0.352 e. The normalized spacial score (nSPS) is 14.8. The van der Waals surface area contributed by atoms with Gasteiger partial charge in [-0.15, -0.1) is 0 Å². The lowest BCUT2D eigenvalue weighted by molar-refractivity contribution is -0.141. The molecule has 3 rings (SSSR count). The van der Waals surface area contributed by atoms with Crippen LogP contribution in [0.5, 0.6) is 0 Å². The van der Waals surface area contributed by atoms with Gasteiger partial charge in [0.2, 0.25) is 21.8 Å². The van der Waals surface area contributed by atoms with Crippen molar-refractivity contribution in [3.8, 4) is 0 Å². The molecule has 1 unspecified atom stereocenters. The van der Waals surface area contributed by atoms with Gasteiger partial charge in [-0.3, -0.25) is 13.9 Å². The van der Waals surface area contributed by atoms with Crippen molar-refractivity contribution in [2.45, 2.75) is 77.4 Å². The number of nitrogens with one attached hydrogen (secondary N) is 1. The Kier molecular flexibility index (Phi) is 10.9. The number of nitrogens with zero attached hydrogens (tertiary/aromatic N) is 2. The van der Waals surface area contributed by atoms with Crippen LogP contribution in [-0.4, -0.2) is 50.0 Å². The molecule has 1 aliphatic carbocycles. The second-order valence-corrected chi connectivity index (χ2v) is 12.7. The third-order valence-corrected chi connectivity index (χ3v) is 8.70. The van der Waals surface area contributed by atoms with Crippen molar-refractivity contribution in [3.05, 3.63) is 63.6 Å². The minimum absolute atomic E-state index is 0.0797. The third-order valence-electron chi connectivity index (χ3n) is 6.92. The molecule has 0 radical (unpaired) electrons. The van der Waals surface area contributed by atoms with E-state index in [4.69, 9.17) is 23.2 Å². The number of carbonyl (C=O) groups excluding carboxylic acids is 2. The Morgan fingerprint density at radius 3 is 2.32 bits per heavy atom. The van der Waals surface area contributed by atoms with E-state index in [0.717, 1.165) is 37.5 Å². The predicted molar refractivity (Wildman–Crippen MR) is 154 cm³/mol. The summed E-state index contributed by atoms with van der Waals surface area (Å²) in [5.41, 5.74) is 2.27. The van der Waals surface area contributed by atoms with E-state index in [1.54, 1.807) is 35.2 Å². The lowest BCUT2D eigenvalue weighted by Crippen LogP contribution is -2.51. The summed E-state index contributed by atoms with van der Waals surface area (Å²) in [7, 11) is -3.54. The Morgan fingerprint density at radius 2 is 1.74 bits per heavy atom. The first-order valence-electron chi connectivity index (χ1n) is 13.1. The van der Waals surface area contributed by atoms with Gasteiger partial charge in [0.05, 0.1) is 11.9 Å². The van der Waals surface area contributed by atoms with E-state index in [1.165, 1.54) is 4.31 Å². The number of aryl methyl sites for hydroxylation is 1. The Bertz CT molecular complexity index is 1220. The van der Waals surface area contributed by atoms with Crippen molar-refractivity contribution in [1.82, 2.24) is 10.2 Å². The average molecular weight is 583 g/mol. The van der Waals surface area contributed by atoms with Crippen LogP contribution in [0.3, 0.4) is 0 Å². The maximum Gasteiger partial charge on any atom is 0.243 e. The highest BCUT2D eigenvalue weighted by Gasteiger charge is 2.31. The first kappa shape index (κ1) is 30.3. The smallest absolute Gasteiger partial charge is 0.243 e. The zero-order chi connectivity index (χ0) is 27.9. The Morgan fingerprint density at radius 1 is 1.08 bits per heavy atom. The summed E-state index contributed by atoms with van der Waals surface area (Å²) in [6.45, 7) is 4.11. The van der Waals surface area contributed by atoms with Crippen LogP contribution in [-0.2, 0) is 26.2 Å².